The van der Waals surface area contributed by atoms with Gasteiger partial charge in [0.1, 0.15) is 0 Å². The summed E-state index contributed by atoms with van der Waals surface area (Å²) in [4.78, 5) is 0. The predicted octanol–water partition coefficient (Wildman–Crippen LogP) is 0.310. The van der Waals surface area contributed by atoms with E-state index in [1.807, 2.05) is 0 Å². The molecular formula is C12H14F3IO3S. The van der Waals surface area contributed by atoms with Gasteiger partial charge < -0.3 is 4.55 Å². The largest absolute Gasteiger partial charge is 0.741 e. The predicted molar refractivity (Wildman–Crippen MR) is 64.9 cm³/mol. The van der Waals surface area contributed by atoms with Crippen molar-refractivity contribution in [2.24, 2.45) is 0 Å². The van der Waals surface area contributed by atoms with E-state index in [0.717, 1.165) is 0 Å². The summed E-state index contributed by atoms with van der Waals surface area (Å²) in [7, 11) is -6.09. The lowest BCUT2D eigenvalue weighted by molar-refractivity contribution is -0.557. The summed E-state index contributed by atoms with van der Waals surface area (Å²) in [5.74, 6) is 0. The van der Waals surface area contributed by atoms with Crippen molar-refractivity contribution in [3.05, 3.63) is 43.6 Å². The molecule has 0 spiro atoms. The van der Waals surface area contributed by atoms with Gasteiger partial charge in [-0.1, -0.05) is 25.1 Å². The van der Waals surface area contributed by atoms with Gasteiger partial charge in [-0.15, -0.1) is 0 Å². The molecule has 0 amide bonds. The SMILES string of the molecule is CC/C(C)=C/[I+]c1ccccc1.O=S(=O)([O-])C(F)(F)F. The number of hydrogen-bond donors (Lipinski definition) is 0. The van der Waals surface area contributed by atoms with Crippen LogP contribution in [0.5, 0.6) is 0 Å². The third-order valence-electron chi connectivity index (χ3n) is 1.94. The van der Waals surface area contributed by atoms with Crippen LogP contribution < -0.4 is 21.2 Å². The topological polar surface area (TPSA) is 57.2 Å². The van der Waals surface area contributed by atoms with Crippen LogP contribution in [0.2, 0.25) is 0 Å². The van der Waals surface area contributed by atoms with Crippen LogP contribution in [0.15, 0.2) is 40.0 Å². The van der Waals surface area contributed by atoms with E-state index >= 15 is 0 Å². The molecule has 0 aliphatic heterocycles. The quantitative estimate of drug-likeness (QED) is 0.401. The molecule has 0 aromatic heterocycles. The lowest BCUT2D eigenvalue weighted by atomic mass is 10.3. The minimum absolute atomic E-state index is 0.118. The molecule has 0 N–H and O–H groups in total. The monoisotopic (exact) mass is 422 g/mol. The molecule has 0 radical (unpaired) electrons. The van der Waals surface area contributed by atoms with Gasteiger partial charge in [0.05, 0.1) is 0 Å². The summed E-state index contributed by atoms with van der Waals surface area (Å²) in [5, 5.41) is 0. The number of rotatable bonds is 3. The molecule has 114 valence electrons. The zero-order valence-corrected chi connectivity index (χ0v) is 13.8. The molecule has 3 nitrogen and oxygen atoms in total. The molecule has 0 bridgehead atoms. The average molecular weight is 422 g/mol. The Morgan fingerprint density at radius 1 is 1.30 bits per heavy atom. The van der Waals surface area contributed by atoms with Gasteiger partial charge in [-0.3, -0.25) is 0 Å². The van der Waals surface area contributed by atoms with Crippen molar-refractivity contribution < 1.29 is 47.3 Å². The van der Waals surface area contributed by atoms with Gasteiger partial charge in [0.25, 0.3) is 0 Å². The van der Waals surface area contributed by atoms with Gasteiger partial charge in [-0.05, 0) is 31.1 Å². The molecule has 0 saturated carbocycles. The minimum Gasteiger partial charge on any atom is -0.741 e. The van der Waals surface area contributed by atoms with Crippen LogP contribution in [-0.2, 0) is 10.1 Å². The van der Waals surface area contributed by atoms with Crippen LogP contribution in [0.1, 0.15) is 20.3 Å². The Morgan fingerprint density at radius 2 is 1.75 bits per heavy atom. The fraction of sp³-hybridized carbons (Fsp3) is 0.333. The Balaban J connectivity index is 0.000000396. The smallest absolute Gasteiger partial charge is 0.485 e. The van der Waals surface area contributed by atoms with Gasteiger partial charge in [0, 0.05) is 0 Å². The van der Waals surface area contributed by atoms with Crippen LogP contribution in [0.25, 0.3) is 0 Å². The number of allylic oxidation sites excluding steroid dienone is 1. The first kappa shape index (κ1) is 19.4. The molecule has 0 unspecified atom stereocenters. The third-order valence-corrected chi connectivity index (χ3v) is 5.32. The van der Waals surface area contributed by atoms with E-state index in [2.05, 4.69) is 48.3 Å². The van der Waals surface area contributed by atoms with Gasteiger partial charge in [-0.2, -0.15) is 13.2 Å². The molecule has 0 saturated heterocycles. The molecule has 0 heterocycles. The van der Waals surface area contributed by atoms with Crippen LogP contribution in [0.4, 0.5) is 13.2 Å². The lowest BCUT2D eigenvalue weighted by Crippen LogP contribution is -3.59. The molecule has 0 fully saturated rings. The molecule has 20 heavy (non-hydrogen) atoms. The normalized spacial score (nSPS) is 12.6. The van der Waals surface area contributed by atoms with Gasteiger partial charge >= 0.3 is 26.7 Å². The summed E-state index contributed by atoms with van der Waals surface area (Å²) >= 11 is 0.118. The summed E-state index contributed by atoms with van der Waals surface area (Å²) in [5.41, 5.74) is -4.13. The fourth-order valence-electron chi connectivity index (χ4n) is 0.721. The number of hydrogen-bond acceptors (Lipinski definition) is 3. The Kier molecular flexibility index (Phi) is 8.36. The van der Waals surface area contributed by atoms with Crippen LogP contribution in [0.3, 0.4) is 0 Å². The molecule has 1 rings (SSSR count). The zero-order valence-electron chi connectivity index (χ0n) is 10.8. The van der Waals surface area contributed by atoms with Crippen LogP contribution >= 0.6 is 0 Å². The van der Waals surface area contributed by atoms with Crippen molar-refractivity contribution in [1.29, 1.82) is 0 Å². The molecule has 1 aromatic rings. The van der Waals surface area contributed by atoms with Crippen molar-refractivity contribution in [2.75, 3.05) is 0 Å². The lowest BCUT2D eigenvalue weighted by Gasteiger charge is -2.08. The maximum absolute atomic E-state index is 10.7. The Bertz CT molecular complexity index is 525. The van der Waals surface area contributed by atoms with E-state index in [9.17, 15) is 13.2 Å². The highest BCUT2D eigenvalue weighted by Crippen LogP contribution is 2.20. The Morgan fingerprint density at radius 3 is 2.10 bits per heavy atom. The second kappa shape index (κ2) is 8.63. The first-order valence-electron chi connectivity index (χ1n) is 5.44. The maximum atomic E-state index is 10.7. The molecule has 1 aromatic carbocycles. The number of alkyl halides is 3. The summed E-state index contributed by atoms with van der Waals surface area (Å²) in [6.45, 7) is 4.42. The molecule has 0 aliphatic rings. The Labute approximate surface area is 126 Å². The van der Waals surface area contributed by atoms with Crippen molar-refractivity contribution in [3.8, 4) is 0 Å². The van der Waals surface area contributed by atoms with E-state index in [-0.39, 0.29) is 21.2 Å². The molecule has 0 aliphatic carbocycles. The van der Waals surface area contributed by atoms with Gasteiger partial charge in [-0.25, -0.2) is 8.42 Å². The van der Waals surface area contributed by atoms with Crippen molar-refractivity contribution in [1.82, 2.24) is 0 Å². The van der Waals surface area contributed by atoms with Crippen LogP contribution in [-0.4, -0.2) is 18.5 Å². The summed E-state index contributed by atoms with van der Waals surface area (Å²) < 4.78 is 62.8. The highest BCUT2D eigenvalue weighted by atomic mass is 127. The van der Waals surface area contributed by atoms with E-state index < -0.39 is 15.6 Å². The van der Waals surface area contributed by atoms with Crippen molar-refractivity contribution >= 4 is 10.1 Å². The van der Waals surface area contributed by atoms with E-state index in [1.165, 1.54) is 15.6 Å². The van der Waals surface area contributed by atoms with Gasteiger partial charge in [0.2, 0.25) is 0 Å². The van der Waals surface area contributed by atoms with E-state index in [1.54, 1.807) is 0 Å². The number of benzene rings is 1. The highest BCUT2D eigenvalue weighted by molar-refractivity contribution is 7.86. The molecular weight excluding hydrogens is 408 g/mol. The van der Waals surface area contributed by atoms with Crippen molar-refractivity contribution in [2.45, 2.75) is 25.8 Å². The fourth-order valence-corrected chi connectivity index (χ4v) is 2.88. The Hall–Kier alpha value is -0.610. The van der Waals surface area contributed by atoms with Crippen LogP contribution in [0, 0.1) is 3.57 Å². The summed E-state index contributed by atoms with van der Waals surface area (Å²) in [6, 6.07) is 10.7. The highest BCUT2D eigenvalue weighted by Gasteiger charge is 2.36. The van der Waals surface area contributed by atoms with E-state index in [4.69, 9.17) is 13.0 Å². The first-order valence-corrected chi connectivity index (χ1v) is 9.17. The number of halogens is 4. The molecule has 8 heteroatoms. The first-order chi connectivity index (χ1) is 9.08. The summed E-state index contributed by atoms with van der Waals surface area (Å²) in [6.07, 6.45) is 1.19. The third kappa shape index (κ3) is 8.54. The standard InChI is InChI=1S/C11H14I.CHF3O3S/c1-3-10(2)9-12-11-7-5-4-6-8-11;2-1(3,4)8(5,6)7/h4-9H,3H2,1-2H3;(H,5,6,7)/q+1;/p-1/b10-9+;. The van der Waals surface area contributed by atoms with E-state index in [0.29, 0.717) is 0 Å². The van der Waals surface area contributed by atoms with Crippen molar-refractivity contribution in [3.63, 3.8) is 0 Å². The second-order valence-corrected chi connectivity index (χ2v) is 7.48. The maximum Gasteiger partial charge on any atom is 0.485 e. The second-order valence-electron chi connectivity index (χ2n) is 3.61. The van der Waals surface area contributed by atoms with Gasteiger partial charge in [0.15, 0.2) is 17.8 Å². The molecule has 0 atom stereocenters. The minimum atomic E-state index is -6.09. The average Bonchev–Trinajstić information content (AvgIpc) is 2.35. The zero-order chi connectivity index (χ0) is 15.8.